The Bertz CT molecular complexity index is 255. The maximum atomic E-state index is 8.57. The number of ether oxygens (including phenoxy) is 1. The van der Waals surface area contributed by atoms with Crippen molar-refractivity contribution in [2.24, 2.45) is 0 Å². The van der Waals surface area contributed by atoms with Crippen LogP contribution in [0.4, 0.5) is 0 Å². The van der Waals surface area contributed by atoms with Gasteiger partial charge in [-0.05, 0) is 39.2 Å². The van der Waals surface area contributed by atoms with Gasteiger partial charge in [0, 0.05) is 25.6 Å². The van der Waals surface area contributed by atoms with E-state index in [9.17, 15) is 0 Å². The smallest absolute Gasteiger partial charge is 0.0697 e. The summed E-state index contributed by atoms with van der Waals surface area (Å²) < 4.78 is 5.89. The van der Waals surface area contributed by atoms with Crippen molar-refractivity contribution in [3.05, 3.63) is 0 Å². The van der Waals surface area contributed by atoms with Gasteiger partial charge in [0.25, 0.3) is 0 Å². The molecule has 0 N–H and O–H groups in total. The van der Waals surface area contributed by atoms with Gasteiger partial charge in [0.2, 0.25) is 0 Å². The zero-order valence-electron chi connectivity index (χ0n) is 9.54. The third kappa shape index (κ3) is 2.32. The fraction of sp³-hybridized carbons (Fsp3) is 0.917. The average Bonchev–Trinajstić information content (AvgIpc) is 2.24. The van der Waals surface area contributed by atoms with Gasteiger partial charge in [-0.3, -0.25) is 0 Å². The molecule has 1 heterocycles. The van der Waals surface area contributed by atoms with Gasteiger partial charge >= 0.3 is 0 Å². The van der Waals surface area contributed by atoms with E-state index < -0.39 is 0 Å². The first-order valence-electron chi connectivity index (χ1n) is 5.97. The van der Waals surface area contributed by atoms with E-state index in [4.69, 9.17) is 10.00 Å². The molecule has 0 aromatic heterocycles. The van der Waals surface area contributed by atoms with Crippen LogP contribution in [0, 0.1) is 11.3 Å². The second-order valence-corrected chi connectivity index (χ2v) is 4.92. The Morgan fingerprint density at radius 2 is 2.33 bits per heavy atom. The summed E-state index contributed by atoms with van der Waals surface area (Å²) in [4.78, 5) is 2.34. The molecule has 3 nitrogen and oxygen atoms in total. The zero-order chi connectivity index (χ0) is 10.7. The van der Waals surface area contributed by atoms with Gasteiger partial charge in [-0.25, -0.2) is 0 Å². The van der Waals surface area contributed by atoms with Crippen molar-refractivity contribution >= 4 is 0 Å². The maximum Gasteiger partial charge on any atom is 0.0697 e. The van der Waals surface area contributed by atoms with Crippen LogP contribution in [0.1, 0.15) is 38.5 Å². The molecule has 1 saturated carbocycles. The Morgan fingerprint density at radius 3 is 2.93 bits per heavy atom. The molecule has 1 atom stereocenters. The maximum absolute atomic E-state index is 8.57. The minimum Gasteiger partial charge on any atom is -0.375 e. The Kier molecular flexibility index (Phi) is 3.28. The van der Waals surface area contributed by atoms with Gasteiger partial charge in [0.1, 0.15) is 0 Å². The molecular weight excluding hydrogens is 188 g/mol. The first-order valence-corrected chi connectivity index (χ1v) is 5.97. The summed E-state index contributed by atoms with van der Waals surface area (Å²) in [5.74, 6) is 0. The van der Waals surface area contributed by atoms with E-state index >= 15 is 0 Å². The number of nitrogens with zero attached hydrogens (tertiary/aromatic N) is 2. The molecule has 84 valence electrons. The molecule has 1 aliphatic heterocycles. The quantitative estimate of drug-likeness (QED) is 0.711. The van der Waals surface area contributed by atoms with Crippen LogP contribution in [0.2, 0.25) is 0 Å². The van der Waals surface area contributed by atoms with Gasteiger partial charge in [-0.15, -0.1) is 0 Å². The van der Waals surface area contributed by atoms with Crippen molar-refractivity contribution in [3.63, 3.8) is 0 Å². The van der Waals surface area contributed by atoms with Gasteiger partial charge in [0.15, 0.2) is 0 Å². The van der Waals surface area contributed by atoms with Crippen LogP contribution < -0.4 is 0 Å². The summed E-state index contributed by atoms with van der Waals surface area (Å²) in [6, 6.07) is 2.85. The highest BCUT2D eigenvalue weighted by atomic mass is 16.5. The van der Waals surface area contributed by atoms with Crippen molar-refractivity contribution in [2.45, 2.75) is 50.2 Å². The molecule has 2 rings (SSSR count). The summed E-state index contributed by atoms with van der Waals surface area (Å²) in [6.07, 6.45) is 6.76. The number of hydrogen-bond donors (Lipinski definition) is 0. The first kappa shape index (κ1) is 10.9. The lowest BCUT2D eigenvalue weighted by molar-refractivity contribution is -0.146. The van der Waals surface area contributed by atoms with E-state index in [-0.39, 0.29) is 5.60 Å². The molecule has 0 radical (unpaired) electrons. The number of hydrogen-bond acceptors (Lipinski definition) is 3. The summed E-state index contributed by atoms with van der Waals surface area (Å²) in [5, 5.41) is 8.57. The Morgan fingerprint density at radius 1 is 1.53 bits per heavy atom. The second-order valence-electron chi connectivity index (χ2n) is 4.92. The molecule has 1 unspecified atom stereocenters. The van der Waals surface area contributed by atoms with Crippen molar-refractivity contribution in [3.8, 4) is 6.07 Å². The van der Waals surface area contributed by atoms with Crippen molar-refractivity contribution in [2.75, 3.05) is 20.2 Å². The van der Waals surface area contributed by atoms with Crippen LogP contribution in [0.15, 0.2) is 0 Å². The molecule has 15 heavy (non-hydrogen) atoms. The molecule has 2 aliphatic rings. The molecule has 3 heteroatoms. The predicted molar refractivity (Wildman–Crippen MR) is 58.4 cm³/mol. The van der Waals surface area contributed by atoms with E-state index in [1.807, 2.05) is 0 Å². The van der Waals surface area contributed by atoms with E-state index in [2.05, 4.69) is 18.0 Å². The van der Waals surface area contributed by atoms with Crippen molar-refractivity contribution < 1.29 is 4.74 Å². The van der Waals surface area contributed by atoms with Crippen LogP contribution in [0.25, 0.3) is 0 Å². The van der Waals surface area contributed by atoms with Gasteiger partial charge in [-0.2, -0.15) is 5.26 Å². The van der Waals surface area contributed by atoms with E-state index in [0.29, 0.717) is 12.5 Å². The van der Waals surface area contributed by atoms with Crippen LogP contribution in [-0.4, -0.2) is 36.7 Å². The minimum absolute atomic E-state index is 0.226. The Hall–Kier alpha value is -0.590. The molecule has 0 aromatic carbocycles. The Balaban J connectivity index is 1.84. The zero-order valence-corrected chi connectivity index (χ0v) is 9.54. The highest BCUT2D eigenvalue weighted by Crippen LogP contribution is 2.43. The molecule has 2 fully saturated rings. The molecule has 0 amide bonds. The van der Waals surface area contributed by atoms with E-state index in [1.54, 1.807) is 0 Å². The van der Waals surface area contributed by atoms with Crippen molar-refractivity contribution in [1.82, 2.24) is 4.90 Å². The van der Waals surface area contributed by atoms with Crippen LogP contribution in [0.3, 0.4) is 0 Å². The van der Waals surface area contributed by atoms with Crippen LogP contribution >= 0.6 is 0 Å². The topological polar surface area (TPSA) is 36.3 Å². The third-order valence-electron chi connectivity index (χ3n) is 3.93. The lowest BCUT2D eigenvalue weighted by Gasteiger charge is -2.49. The minimum atomic E-state index is 0.226. The second kappa shape index (κ2) is 4.51. The normalized spacial score (nSPS) is 28.7. The lowest BCUT2D eigenvalue weighted by Crippen LogP contribution is -2.51. The summed E-state index contributed by atoms with van der Waals surface area (Å²) in [6.45, 7) is 1.80. The number of rotatable bonds is 3. The first-order chi connectivity index (χ1) is 7.26. The molecular formula is C12H20N2O. The Labute approximate surface area is 92.0 Å². The average molecular weight is 208 g/mol. The molecule has 1 spiro atoms. The third-order valence-corrected chi connectivity index (χ3v) is 3.93. The number of nitriles is 1. The summed E-state index contributed by atoms with van der Waals surface area (Å²) >= 11 is 0. The van der Waals surface area contributed by atoms with Crippen molar-refractivity contribution in [1.29, 1.82) is 5.26 Å². The van der Waals surface area contributed by atoms with Crippen LogP contribution in [0.5, 0.6) is 0 Å². The van der Waals surface area contributed by atoms with E-state index in [0.717, 1.165) is 19.6 Å². The highest BCUT2D eigenvalue weighted by Gasteiger charge is 2.43. The van der Waals surface area contributed by atoms with E-state index in [1.165, 1.54) is 25.7 Å². The SMILES string of the molecule is CN(CCC#N)C1CCOC2(CCC2)C1. The highest BCUT2D eigenvalue weighted by molar-refractivity contribution is 4.96. The summed E-state index contributed by atoms with van der Waals surface area (Å²) in [5.41, 5.74) is 0.226. The standard InChI is InChI=1S/C12H20N2O/c1-14(8-3-7-13)11-4-9-15-12(10-11)5-2-6-12/h11H,2-6,8-10H2,1H3. The van der Waals surface area contributed by atoms with Gasteiger partial charge < -0.3 is 9.64 Å². The molecule has 0 aromatic rings. The monoisotopic (exact) mass is 208 g/mol. The largest absolute Gasteiger partial charge is 0.375 e. The lowest BCUT2D eigenvalue weighted by atomic mass is 9.73. The fourth-order valence-corrected chi connectivity index (χ4v) is 2.71. The molecule has 1 aliphatic carbocycles. The van der Waals surface area contributed by atoms with Crippen LogP contribution in [-0.2, 0) is 4.74 Å². The summed E-state index contributed by atoms with van der Waals surface area (Å²) in [7, 11) is 2.14. The predicted octanol–water partition coefficient (Wildman–Crippen LogP) is 1.93. The fourth-order valence-electron chi connectivity index (χ4n) is 2.71. The van der Waals surface area contributed by atoms with Gasteiger partial charge in [-0.1, -0.05) is 0 Å². The van der Waals surface area contributed by atoms with Gasteiger partial charge in [0.05, 0.1) is 11.7 Å². The molecule has 0 bridgehead atoms. The molecule has 1 saturated heterocycles.